The van der Waals surface area contributed by atoms with E-state index in [-0.39, 0.29) is 42.3 Å². The van der Waals surface area contributed by atoms with E-state index in [4.69, 9.17) is 11.5 Å². The molecule has 4 N–H and O–H groups in total. The molecule has 0 saturated carbocycles. The standard InChI is InChI=1S/C20H15FN6.2ClH/c1-27-19(13-3-2-4-14(21)11-13)26-17-18(23)24-16(25-20(17)27)10-7-12-5-8-15(22)9-6-12;;/h2-6,8-9,11H,22H2,1H3,(H2,23,24,25);2*1H. The Kier molecular flexibility index (Phi) is 6.64. The number of hydrogen-bond donors (Lipinski definition) is 2. The van der Waals surface area contributed by atoms with E-state index in [1.165, 1.54) is 12.1 Å². The van der Waals surface area contributed by atoms with Crippen LogP contribution in [0.3, 0.4) is 0 Å². The van der Waals surface area contributed by atoms with Crippen molar-refractivity contribution in [2.75, 3.05) is 11.5 Å². The lowest BCUT2D eigenvalue weighted by Crippen LogP contribution is -2.00. The second-order valence-electron chi connectivity index (χ2n) is 5.98. The SMILES string of the molecule is Cl.Cl.Cn1c(-c2cccc(F)c2)nc2c(N)nc(C#Cc3ccc(N)cc3)nc21. The molecule has 29 heavy (non-hydrogen) atoms. The highest BCUT2D eigenvalue weighted by Gasteiger charge is 2.15. The third-order valence-corrected chi connectivity index (χ3v) is 4.06. The highest BCUT2D eigenvalue weighted by atomic mass is 35.5. The van der Waals surface area contributed by atoms with Crippen LogP contribution in [0, 0.1) is 17.7 Å². The molecule has 0 unspecified atom stereocenters. The Labute approximate surface area is 179 Å². The zero-order chi connectivity index (χ0) is 19.0. The number of benzene rings is 2. The molecule has 0 spiro atoms. The number of aromatic nitrogens is 4. The van der Waals surface area contributed by atoms with Crippen molar-refractivity contribution in [2.45, 2.75) is 0 Å². The van der Waals surface area contributed by atoms with Crippen LogP contribution < -0.4 is 11.5 Å². The third-order valence-electron chi connectivity index (χ3n) is 4.06. The van der Waals surface area contributed by atoms with Crippen LogP contribution in [0.2, 0.25) is 0 Å². The molecule has 0 aliphatic carbocycles. The molecule has 0 radical (unpaired) electrons. The molecule has 0 aliphatic rings. The first kappa shape index (κ1) is 22.0. The lowest BCUT2D eigenvalue weighted by Gasteiger charge is -2.02. The topological polar surface area (TPSA) is 95.6 Å². The number of imidazole rings is 1. The molecule has 0 aliphatic heterocycles. The fourth-order valence-corrected chi connectivity index (χ4v) is 2.72. The molecule has 6 nitrogen and oxygen atoms in total. The number of rotatable bonds is 1. The summed E-state index contributed by atoms with van der Waals surface area (Å²) >= 11 is 0. The maximum atomic E-state index is 13.6. The van der Waals surface area contributed by atoms with Gasteiger partial charge in [-0.3, -0.25) is 0 Å². The number of halogens is 3. The number of fused-ring (bicyclic) bond motifs is 1. The minimum Gasteiger partial charge on any atom is -0.399 e. The molecule has 0 saturated heterocycles. The summed E-state index contributed by atoms with van der Waals surface area (Å²) in [7, 11) is 1.79. The van der Waals surface area contributed by atoms with Gasteiger partial charge in [-0.25, -0.2) is 19.3 Å². The van der Waals surface area contributed by atoms with Crippen molar-refractivity contribution in [1.29, 1.82) is 0 Å². The van der Waals surface area contributed by atoms with Crippen LogP contribution in [0.5, 0.6) is 0 Å². The summed E-state index contributed by atoms with van der Waals surface area (Å²) in [5.41, 5.74) is 14.8. The summed E-state index contributed by atoms with van der Waals surface area (Å²) in [6, 6.07) is 13.4. The first-order valence-electron chi connectivity index (χ1n) is 8.15. The fourth-order valence-electron chi connectivity index (χ4n) is 2.72. The number of nitrogens with zero attached hydrogens (tertiary/aromatic N) is 4. The van der Waals surface area contributed by atoms with Crippen molar-refractivity contribution in [3.63, 3.8) is 0 Å². The minimum atomic E-state index is -0.339. The zero-order valence-corrected chi connectivity index (χ0v) is 16.9. The van der Waals surface area contributed by atoms with E-state index in [0.29, 0.717) is 28.2 Å². The van der Waals surface area contributed by atoms with Gasteiger partial charge in [-0.05, 0) is 42.3 Å². The van der Waals surface area contributed by atoms with Crippen LogP contribution in [-0.4, -0.2) is 19.5 Å². The average Bonchev–Trinajstić information content (AvgIpc) is 2.99. The largest absolute Gasteiger partial charge is 0.399 e. The van der Waals surface area contributed by atoms with E-state index in [9.17, 15) is 4.39 Å². The highest BCUT2D eigenvalue weighted by molar-refractivity contribution is 5.86. The van der Waals surface area contributed by atoms with E-state index in [0.717, 1.165) is 5.56 Å². The summed E-state index contributed by atoms with van der Waals surface area (Å²) in [5, 5.41) is 0. The second-order valence-corrected chi connectivity index (χ2v) is 5.98. The van der Waals surface area contributed by atoms with Crippen molar-refractivity contribution in [2.24, 2.45) is 7.05 Å². The molecule has 4 rings (SSSR count). The van der Waals surface area contributed by atoms with Crippen molar-refractivity contribution < 1.29 is 4.39 Å². The summed E-state index contributed by atoms with van der Waals surface area (Å²) in [6.07, 6.45) is 0. The number of anilines is 2. The van der Waals surface area contributed by atoms with E-state index >= 15 is 0 Å². The molecule has 2 aromatic carbocycles. The van der Waals surface area contributed by atoms with E-state index < -0.39 is 0 Å². The van der Waals surface area contributed by atoms with E-state index in [2.05, 4.69) is 26.8 Å². The number of hydrogen-bond acceptors (Lipinski definition) is 5. The van der Waals surface area contributed by atoms with Crippen molar-refractivity contribution in [1.82, 2.24) is 19.5 Å². The number of aryl methyl sites for hydroxylation is 1. The Morgan fingerprint density at radius 3 is 2.34 bits per heavy atom. The molecule has 4 aromatic rings. The quantitative estimate of drug-likeness (QED) is 0.355. The van der Waals surface area contributed by atoms with Gasteiger partial charge >= 0.3 is 0 Å². The molecular formula is C20H17Cl2FN6. The van der Waals surface area contributed by atoms with Gasteiger partial charge < -0.3 is 16.0 Å². The summed E-state index contributed by atoms with van der Waals surface area (Å²) in [6.45, 7) is 0. The molecule has 0 amide bonds. The first-order chi connectivity index (χ1) is 13.0. The van der Waals surface area contributed by atoms with Crippen molar-refractivity contribution in [3.8, 4) is 23.2 Å². The van der Waals surface area contributed by atoms with E-state index in [1.807, 2.05) is 12.1 Å². The van der Waals surface area contributed by atoms with Crippen LogP contribution in [-0.2, 0) is 7.05 Å². The smallest absolute Gasteiger partial charge is 0.209 e. The van der Waals surface area contributed by atoms with Crippen LogP contribution in [0.15, 0.2) is 48.5 Å². The predicted molar refractivity (Wildman–Crippen MR) is 117 cm³/mol. The predicted octanol–water partition coefficient (Wildman–Crippen LogP) is 3.58. The normalized spacial score (nSPS) is 9.86. The minimum absolute atomic E-state index is 0. The maximum Gasteiger partial charge on any atom is 0.209 e. The van der Waals surface area contributed by atoms with Crippen molar-refractivity contribution in [3.05, 3.63) is 65.7 Å². The number of nitrogens with two attached hydrogens (primary N) is 2. The molecule has 2 aromatic heterocycles. The Morgan fingerprint density at radius 1 is 0.931 bits per heavy atom. The van der Waals surface area contributed by atoms with Gasteiger partial charge in [0.15, 0.2) is 17.0 Å². The van der Waals surface area contributed by atoms with Gasteiger partial charge in [-0.15, -0.1) is 24.8 Å². The Morgan fingerprint density at radius 2 is 1.66 bits per heavy atom. The average molecular weight is 431 g/mol. The number of nitrogen functional groups attached to an aromatic ring is 2. The van der Waals surface area contributed by atoms with Crippen molar-refractivity contribution >= 4 is 47.5 Å². The lowest BCUT2D eigenvalue weighted by molar-refractivity contribution is 0.628. The van der Waals surface area contributed by atoms with Gasteiger partial charge in [0.25, 0.3) is 0 Å². The molecule has 9 heteroatoms. The van der Waals surface area contributed by atoms with Gasteiger partial charge in [0, 0.05) is 23.9 Å². The molecule has 148 valence electrons. The second kappa shape index (κ2) is 8.78. The van der Waals surface area contributed by atoms with Crippen LogP contribution in [0.1, 0.15) is 11.4 Å². The van der Waals surface area contributed by atoms with Gasteiger partial charge in [0.05, 0.1) is 0 Å². The molecule has 0 atom stereocenters. The maximum absolute atomic E-state index is 13.6. The monoisotopic (exact) mass is 430 g/mol. The summed E-state index contributed by atoms with van der Waals surface area (Å²) < 4.78 is 15.3. The Balaban J connectivity index is 0.00000150. The first-order valence-corrected chi connectivity index (χ1v) is 8.15. The highest BCUT2D eigenvalue weighted by Crippen LogP contribution is 2.25. The van der Waals surface area contributed by atoms with Gasteiger partial charge in [-0.2, -0.15) is 0 Å². The molecule has 0 bridgehead atoms. The summed E-state index contributed by atoms with van der Waals surface area (Å²) in [5.74, 6) is 6.60. The van der Waals surface area contributed by atoms with Gasteiger partial charge in [-0.1, -0.05) is 18.1 Å². The Hall–Kier alpha value is -3.34. The van der Waals surface area contributed by atoms with E-state index in [1.54, 1.807) is 35.9 Å². The molecule has 0 fully saturated rings. The van der Waals surface area contributed by atoms with Gasteiger partial charge in [0.2, 0.25) is 5.82 Å². The lowest BCUT2D eigenvalue weighted by atomic mass is 10.2. The fraction of sp³-hybridized carbons (Fsp3) is 0.0500. The molecular weight excluding hydrogens is 414 g/mol. The molecule has 2 heterocycles. The zero-order valence-electron chi connectivity index (χ0n) is 15.3. The third kappa shape index (κ3) is 4.40. The van der Waals surface area contributed by atoms with Gasteiger partial charge in [0.1, 0.15) is 11.6 Å². The summed E-state index contributed by atoms with van der Waals surface area (Å²) in [4.78, 5) is 13.1. The Bertz CT molecular complexity index is 1230. The van der Waals surface area contributed by atoms with Crippen LogP contribution >= 0.6 is 24.8 Å². The van der Waals surface area contributed by atoms with Crippen LogP contribution in [0.25, 0.3) is 22.6 Å². The van der Waals surface area contributed by atoms with Crippen LogP contribution in [0.4, 0.5) is 15.9 Å².